The van der Waals surface area contributed by atoms with Crippen molar-refractivity contribution in [2.75, 3.05) is 26.9 Å². The molecule has 0 aliphatic carbocycles. The summed E-state index contributed by atoms with van der Waals surface area (Å²) in [6, 6.07) is 7.40. The molecule has 6 heteroatoms. The number of benzene rings is 1. The predicted octanol–water partition coefficient (Wildman–Crippen LogP) is 2.54. The fourth-order valence-electron chi connectivity index (χ4n) is 2.91. The molecule has 1 atom stereocenters. The largest absolute Gasteiger partial charge is 0.496 e. The average Bonchev–Trinajstić information content (AvgIpc) is 2.60. The molecule has 0 aromatic heterocycles. The lowest BCUT2D eigenvalue weighted by atomic mass is 9.84. The van der Waals surface area contributed by atoms with Gasteiger partial charge in [-0.1, -0.05) is 25.1 Å². The summed E-state index contributed by atoms with van der Waals surface area (Å²) in [5, 5.41) is 2.73. The van der Waals surface area contributed by atoms with Gasteiger partial charge in [0.25, 0.3) is 0 Å². The van der Waals surface area contributed by atoms with Crippen molar-refractivity contribution in [3.05, 3.63) is 41.1 Å². The number of hydrogen-bond donors (Lipinski definition) is 1. The highest BCUT2D eigenvalue weighted by atomic mass is 16.6. The maximum Gasteiger partial charge on any atom is 0.336 e. The zero-order valence-corrected chi connectivity index (χ0v) is 15.0. The highest BCUT2D eigenvalue weighted by Gasteiger charge is 2.34. The van der Waals surface area contributed by atoms with Gasteiger partial charge in [-0.3, -0.25) is 4.79 Å². The number of ether oxygens (including phenoxy) is 3. The maximum atomic E-state index is 12.6. The van der Waals surface area contributed by atoms with Gasteiger partial charge >= 0.3 is 5.97 Å². The van der Waals surface area contributed by atoms with Gasteiger partial charge in [0, 0.05) is 30.2 Å². The number of rotatable bonds is 8. The maximum absolute atomic E-state index is 12.6. The summed E-state index contributed by atoms with van der Waals surface area (Å²) in [6.07, 6.45) is 1.09. The Kier molecular flexibility index (Phi) is 7.01. The Morgan fingerprint density at radius 1 is 1.24 bits per heavy atom. The number of esters is 1. The second-order valence-electron chi connectivity index (χ2n) is 5.83. The van der Waals surface area contributed by atoms with E-state index in [-0.39, 0.29) is 18.9 Å². The van der Waals surface area contributed by atoms with Crippen LogP contribution in [0, 0.1) is 0 Å². The van der Waals surface area contributed by atoms with Crippen molar-refractivity contribution in [2.24, 2.45) is 0 Å². The van der Waals surface area contributed by atoms with E-state index in [4.69, 9.17) is 14.2 Å². The third-order valence-electron chi connectivity index (χ3n) is 4.01. The molecule has 0 bridgehead atoms. The molecule has 1 unspecified atom stereocenters. The fourth-order valence-corrected chi connectivity index (χ4v) is 2.91. The molecule has 0 spiro atoms. The van der Waals surface area contributed by atoms with Crippen LogP contribution in [0.25, 0.3) is 0 Å². The lowest BCUT2D eigenvalue weighted by molar-refractivity contribution is -0.141. The predicted molar refractivity (Wildman–Crippen MR) is 93.3 cm³/mol. The van der Waals surface area contributed by atoms with Crippen LogP contribution in [0.1, 0.15) is 38.2 Å². The van der Waals surface area contributed by atoms with Gasteiger partial charge in [-0.15, -0.1) is 0 Å². The van der Waals surface area contributed by atoms with Gasteiger partial charge in [0.05, 0.1) is 19.3 Å². The summed E-state index contributed by atoms with van der Waals surface area (Å²) in [4.78, 5) is 24.6. The second-order valence-corrected chi connectivity index (χ2v) is 5.83. The molecule has 6 nitrogen and oxygen atoms in total. The first-order valence-electron chi connectivity index (χ1n) is 8.46. The number of carbonyl (C=O) groups excluding carboxylic acids is 2. The van der Waals surface area contributed by atoms with Gasteiger partial charge < -0.3 is 19.5 Å². The third kappa shape index (κ3) is 4.82. The van der Waals surface area contributed by atoms with Gasteiger partial charge in [0.2, 0.25) is 5.91 Å². The van der Waals surface area contributed by atoms with Crippen molar-refractivity contribution >= 4 is 11.9 Å². The molecule has 1 N–H and O–H groups in total. The quantitative estimate of drug-likeness (QED) is 0.578. The van der Waals surface area contributed by atoms with Gasteiger partial charge in [0.1, 0.15) is 12.4 Å². The Morgan fingerprint density at radius 2 is 2.00 bits per heavy atom. The van der Waals surface area contributed by atoms with Crippen LogP contribution in [-0.4, -0.2) is 38.8 Å². The average molecular weight is 347 g/mol. The van der Waals surface area contributed by atoms with Crippen molar-refractivity contribution < 1.29 is 23.8 Å². The summed E-state index contributed by atoms with van der Waals surface area (Å²) in [7, 11) is 1.57. The molecule has 1 aromatic rings. The number of methoxy groups -OCH3 is 1. The van der Waals surface area contributed by atoms with E-state index in [1.54, 1.807) is 14.0 Å². The molecule has 0 saturated carbocycles. The number of allylic oxidation sites excluding steroid dienone is 1. The molecule has 25 heavy (non-hydrogen) atoms. The molecule has 1 amide bonds. The van der Waals surface area contributed by atoms with Crippen molar-refractivity contribution in [1.29, 1.82) is 0 Å². The van der Waals surface area contributed by atoms with Gasteiger partial charge in [0.15, 0.2) is 0 Å². The van der Waals surface area contributed by atoms with Crippen LogP contribution in [0.15, 0.2) is 35.5 Å². The molecular formula is C19H25NO5. The minimum absolute atomic E-state index is 0.128. The Hall–Kier alpha value is -2.34. The first-order valence-corrected chi connectivity index (χ1v) is 8.46. The minimum atomic E-state index is -0.437. The number of hydrogen-bond acceptors (Lipinski definition) is 5. The number of carbonyl (C=O) groups is 2. The fraction of sp³-hybridized carbons (Fsp3) is 0.474. The third-order valence-corrected chi connectivity index (χ3v) is 4.01. The van der Waals surface area contributed by atoms with E-state index in [0.717, 1.165) is 12.0 Å². The molecule has 0 saturated heterocycles. The smallest absolute Gasteiger partial charge is 0.336 e. The lowest BCUT2D eigenvalue weighted by Crippen LogP contribution is -2.34. The van der Waals surface area contributed by atoms with E-state index in [1.807, 2.05) is 31.2 Å². The van der Waals surface area contributed by atoms with Crippen molar-refractivity contribution in [3.8, 4) is 5.75 Å². The summed E-state index contributed by atoms with van der Waals surface area (Å²) >= 11 is 0. The highest BCUT2D eigenvalue weighted by Crippen LogP contribution is 2.37. The number of para-hydroxylation sites is 1. The van der Waals surface area contributed by atoms with Crippen molar-refractivity contribution in [1.82, 2.24) is 5.32 Å². The molecular weight excluding hydrogens is 322 g/mol. The molecule has 1 aliphatic heterocycles. The molecule has 1 heterocycles. The Bertz CT molecular complexity index is 653. The summed E-state index contributed by atoms with van der Waals surface area (Å²) < 4.78 is 16.1. The van der Waals surface area contributed by atoms with Crippen LogP contribution < -0.4 is 10.1 Å². The number of amides is 1. The van der Waals surface area contributed by atoms with E-state index in [2.05, 4.69) is 5.32 Å². The van der Waals surface area contributed by atoms with Crippen LogP contribution in [0.5, 0.6) is 5.75 Å². The lowest BCUT2D eigenvalue weighted by Gasteiger charge is -2.27. The van der Waals surface area contributed by atoms with Crippen LogP contribution in [0.3, 0.4) is 0 Å². The summed E-state index contributed by atoms with van der Waals surface area (Å²) in [5.41, 5.74) is 1.78. The van der Waals surface area contributed by atoms with E-state index >= 15 is 0 Å². The zero-order chi connectivity index (χ0) is 18.2. The molecule has 0 radical (unpaired) electrons. The van der Waals surface area contributed by atoms with Crippen LogP contribution >= 0.6 is 0 Å². The first-order chi connectivity index (χ1) is 12.1. The molecule has 136 valence electrons. The number of nitrogens with one attached hydrogen (secondary N) is 1. The standard InChI is InChI=1S/C19H25NO5/c1-4-9-24-10-11-25-19(22)18-13(2)20-17(21)12-15(18)14-7-5-6-8-16(14)23-3/h5-8,15H,4,9-12H2,1-3H3,(H,20,21). The first kappa shape index (κ1) is 19.0. The molecule has 1 aliphatic rings. The van der Waals surface area contributed by atoms with Crippen LogP contribution in [0.2, 0.25) is 0 Å². The van der Waals surface area contributed by atoms with Crippen LogP contribution in [0.4, 0.5) is 0 Å². The topological polar surface area (TPSA) is 73.9 Å². The van der Waals surface area contributed by atoms with Crippen LogP contribution in [-0.2, 0) is 19.1 Å². The summed E-state index contributed by atoms with van der Waals surface area (Å²) in [6.45, 7) is 4.91. The summed E-state index contributed by atoms with van der Waals surface area (Å²) in [5.74, 6) is -0.315. The Labute approximate surface area is 148 Å². The van der Waals surface area contributed by atoms with E-state index in [1.165, 1.54) is 0 Å². The minimum Gasteiger partial charge on any atom is -0.496 e. The zero-order valence-electron chi connectivity index (χ0n) is 15.0. The molecule has 1 aromatic carbocycles. The Morgan fingerprint density at radius 3 is 2.72 bits per heavy atom. The van der Waals surface area contributed by atoms with Gasteiger partial charge in [-0.25, -0.2) is 4.79 Å². The normalized spacial score (nSPS) is 17.2. The second kappa shape index (κ2) is 9.22. The van der Waals surface area contributed by atoms with Crippen molar-refractivity contribution in [3.63, 3.8) is 0 Å². The van der Waals surface area contributed by atoms with Gasteiger partial charge in [-0.2, -0.15) is 0 Å². The Balaban J connectivity index is 2.20. The SMILES string of the molecule is CCCOCCOC(=O)C1=C(C)NC(=O)CC1c1ccccc1OC. The van der Waals surface area contributed by atoms with E-state index < -0.39 is 11.9 Å². The van der Waals surface area contributed by atoms with Crippen molar-refractivity contribution in [2.45, 2.75) is 32.6 Å². The molecule has 2 rings (SSSR count). The highest BCUT2D eigenvalue weighted by molar-refractivity contribution is 5.96. The van der Waals surface area contributed by atoms with Gasteiger partial charge in [-0.05, 0) is 19.4 Å². The molecule has 0 fully saturated rings. The van der Waals surface area contributed by atoms with E-state index in [9.17, 15) is 9.59 Å². The monoisotopic (exact) mass is 347 g/mol. The van der Waals surface area contributed by atoms with E-state index in [0.29, 0.717) is 30.2 Å².